The summed E-state index contributed by atoms with van der Waals surface area (Å²) >= 11 is 3.49. The van der Waals surface area contributed by atoms with Crippen LogP contribution in [0.5, 0.6) is 0 Å². The van der Waals surface area contributed by atoms with Gasteiger partial charge in [-0.1, -0.05) is 45.8 Å². The second-order valence-electron chi connectivity index (χ2n) is 7.24. The number of aromatic nitrogens is 2. The van der Waals surface area contributed by atoms with E-state index >= 15 is 0 Å². The second kappa shape index (κ2) is 7.80. The summed E-state index contributed by atoms with van der Waals surface area (Å²) in [5.74, 6) is 0.0315. The number of hydrogen-bond acceptors (Lipinski definition) is 3. The summed E-state index contributed by atoms with van der Waals surface area (Å²) in [7, 11) is 0. The number of aromatic amines is 1. The quantitative estimate of drug-likeness (QED) is 0.658. The van der Waals surface area contributed by atoms with Gasteiger partial charge in [0, 0.05) is 41.9 Å². The van der Waals surface area contributed by atoms with Gasteiger partial charge in [-0.15, -0.1) is 0 Å². The molecule has 0 unspecified atom stereocenters. The molecule has 1 fully saturated rings. The number of H-pyrrole nitrogens is 1. The number of nitrogens with one attached hydrogen (secondary N) is 1. The third kappa shape index (κ3) is 3.69. The number of piperazine rings is 1. The average Bonchev–Trinajstić information content (AvgIpc) is 3.17. The van der Waals surface area contributed by atoms with Gasteiger partial charge in [0.2, 0.25) is 0 Å². The molecule has 1 aliphatic rings. The SMILES string of the molecule is Cc1ccc(N2CCN(C(=O)c3cn[nH]c3-c3cccc(Br)c3)CC2)c(C)c1. The van der Waals surface area contributed by atoms with Crippen LogP contribution in [0.3, 0.4) is 0 Å². The largest absolute Gasteiger partial charge is 0.368 e. The van der Waals surface area contributed by atoms with Crippen LogP contribution in [0.15, 0.2) is 53.1 Å². The van der Waals surface area contributed by atoms with E-state index in [0.717, 1.165) is 28.8 Å². The van der Waals surface area contributed by atoms with E-state index in [2.05, 4.69) is 63.1 Å². The molecule has 2 aromatic carbocycles. The molecular formula is C22H23BrN4O. The van der Waals surface area contributed by atoms with Gasteiger partial charge in [-0.25, -0.2) is 0 Å². The second-order valence-corrected chi connectivity index (χ2v) is 8.15. The van der Waals surface area contributed by atoms with Crippen LogP contribution in [0.4, 0.5) is 5.69 Å². The molecule has 3 aromatic rings. The number of carbonyl (C=O) groups excluding carboxylic acids is 1. The number of nitrogens with zero attached hydrogens (tertiary/aromatic N) is 3. The molecule has 0 atom stereocenters. The standard InChI is InChI=1S/C22H23BrN4O/c1-15-6-7-20(16(2)12-15)26-8-10-27(11-9-26)22(28)19-14-24-25-21(19)17-4-3-5-18(23)13-17/h3-7,12-14H,8-11H2,1-2H3,(H,24,25). The Morgan fingerprint density at radius 3 is 2.57 bits per heavy atom. The van der Waals surface area contributed by atoms with E-state index in [0.29, 0.717) is 18.7 Å². The molecule has 28 heavy (non-hydrogen) atoms. The Morgan fingerprint density at radius 2 is 1.86 bits per heavy atom. The van der Waals surface area contributed by atoms with E-state index in [1.54, 1.807) is 6.20 Å². The molecule has 4 rings (SSSR count). The molecule has 0 saturated carbocycles. The number of aryl methyl sites for hydroxylation is 2. The molecule has 0 radical (unpaired) electrons. The van der Waals surface area contributed by atoms with Crippen LogP contribution in [0.25, 0.3) is 11.3 Å². The summed E-state index contributed by atoms with van der Waals surface area (Å²) in [6, 6.07) is 14.4. The monoisotopic (exact) mass is 438 g/mol. The van der Waals surface area contributed by atoms with Gasteiger partial charge in [0.15, 0.2) is 0 Å². The van der Waals surface area contributed by atoms with E-state index in [4.69, 9.17) is 0 Å². The van der Waals surface area contributed by atoms with E-state index in [9.17, 15) is 4.79 Å². The molecule has 5 nitrogen and oxygen atoms in total. The van der Waals surface area contributed by atoms with Crippen LogP contribution in [-0.2, 0) is 0 Å². The van der Waals surface area contributed by atoms with E-state index in [1.165, 1.54) is 16.8 Å². The zero-order chi connectivity index (χ0) is 19.7. The number of hydrogen-bond donors (Lipinski definition) is 1. The molecule has 1 aromatic heterocycles. The van der Waals surface area contributed by atoms with Crippen LogP contribution in [-0.4, -0.2) is 47.2 Å². The maximum absolute atomic E-state index is 13.1. The number of benzene rings is 2. The van der Waals surface area contributed by atoms with Crippen LogP contribution in [0, 0.1) is 13.8 Å². The summed E-state index contributed by atoms with van der Waals surface area (Å²) < 4.78 is 0.972. The third-order valence-corrected chi connectivity index (χ3v) is 5.74. The molecule has 1 amide bonds. The fourth-order valence-corrected chi connectivity index (χ4v) is 4.19. The maximum atomic E-state index is 13.1. The first kappa shape index (κ1) is 18.7. The molecule has 0 bridgehead atoms. The van der Waals surface area contributed by atoms with Gasteiger partial charge in [0.1, 0.15) is 0 Å². The highest BCUT2D eigenvalue weighted by Crippen LogP contribution is 2.26. The van der Waals surface area contributed by atoms with Gasteiger partial charge in [0.05, 0.1) is 17.5 Å². The lowest BCUT2D eigenvalue weighted by Crippen LogP contribution is -2.49. The summed E-state index contributed by atoms with van der Waals surface area (Å²) in [6.07, 6.45) is 1.63. The number of rotatable bonds is 3. The molecule has 0 spiro atoms. The van der Waals surface area contributed by atoms with Crippen molar-refractivity contribution in [1.29, 1.82) is 0 Å². The first-order valence-corrected chi connectivity index (χ1v) is 10.2. The van der Waals surface area contributed by atoms with E-state index in [-0.39, 0.29) is 5.91 Å². The van der Waals surface area contributed by atoms with Crippen molar-refractivity contribution in [2.75, 3.05) is 31.1 Å². The average molecular weight is 439 g/mol. The fourth-order valence-electron chi connectivity index (χ4n) is 3.79. The Bertz CT molecular complexity index is 1010. The van der Waals surface area contributed by atoms with Gasteiger partial charge in [-0.3, -0.25) is 9.89 Å². The number of amides is 1. The molecule has 144 valence electrons. The first-order chi connectivity index (χ1) is 13.5. The van der Waals surface area contributed by atoms with Crippen LogP contribution in [0.2, 0.25) is 0 Å². The molecule has 1 N–H and O–H groups in total. The fraction of sp³-hybridized carbons (Fsp3) is 0.273. The van der Waals surface area contributed by atoms with Crippen molar-refractivity contribution in [3.63, 3.8) is 0 Å². The van der Waals surface area contributed by atoms with Crippen molar-refractivity contribution in [3.8, 4) is 11.3 Å². The van der Waals surface area contributed by atoms with Crippen molar-refractivity contribution in [1.82, 2.24) is 15.1 Å². The number of halogens is 1. The van der Waals surface area contributed by atoms with Crippen molar-refractivity contribution >= 4 is 27.5 Å². The van der Waals surface area contributed by atoms with Crippen molar-refractivity contribution in [3.05, 3.63) is 69.8 Å². The predicted molar refractivity (Wildman–Crippen MR) is 116 cm³/mol. The predicted octanol–water partition coefficient (Wildman–Crippen LogP) is 4.42. The van der Waals surface area contributed by atoms with Crippen LogP contribution >= 0.6 is 15.9 Å². The van der Waals surface area contributed by atoms with Crippen molar-refractivity contribution in [2.45, 2.75) is 13.8 Å². The minimum atomic E-state index is 0.0315. The Labute approximate surface area is 173 Å². The highest BCUT2D eigenvalue weighted by molar-refractivity contribution is 9.10. The Hall–Kier alpha value is -2.60. The summed E-state index contributed by atoms with van der Waals surface area (Å²) in [5.41, 5.74) is 6.16. The Morgan fingerprint density at radius 1 is 1.07 bits per heavy atom. The molecular weight excluding hydrogens is 416 g/mol. The Kier molecular flexibility index (Phi) is 5.22. The maximum Gasteiger partial charge on any atom is 0.257 e. The van der Waals surface area contributed by atoms with E-state index < -0.39 is 0 Å². The molecule has 1 aliphatic heterocycles. The highest BCUT2D eigenvalue weighted by Gasteiger charge is 2.26. The minimum absolute atomic E-state index is 0.0315. The molecule has 0 aliphatic carbocycles. The lowest BCUT2D eigenvalue weighted by Gasteiger charge is -2.37. The van der Waals surface area contributed by atoms with Gasteiger partial charge >= 0.3 is 0 Å². The molecule has 1 saturated heterocycles. The number of carbonyl (C=O) groups is 1. The topological polar surface area (TPSA) is 52.2 Å². The zero-order valence-corrected chi connectivity index (χ0v) is 17.7. The summed E-state index contributed by atoms with van der Waals surface area (Å²) in [4.78, 5) is 17.4. The van der Waals surface area contributed by atoms with Crippen LogP contribution in [0.1, 0.15) is 21.5 Å². The first-order valence-electron chi connectivity index (χ1n) is 9.44. The van der Waals surface area contributed by atoms with Crippen molar-refractivity contribution < 1.29 is 4.79 Å². The lowest BCUT2D eigenvalue weighted by atomic mass is 10.1. The van der Waals surface area contributed by atoms with Gasteiger partial charge in [0.25, 0.3) is 5.91 Å². The summed E-state index contributed by atoms with van der Waals surface area (Å²) in [5, 5.41) is 7.12. The summed E-state index contributed by atoms with van der Waals surface area (Å²) in [6.45, 7) is 7.33. The Balaban J connectivity index is 1.49. The van der Waals surface area contributed by atoms with Gasteiger partial charge < -0.3 is 9.80 Å². The smallest absolute Gasteiger partial charge is 0.257 e. The normalized spacial score (nSPS) is 14.4. The van der Waals surface area contributed by atoms with E-state index in [1.807, 2.05) is 29.2 Å². The minimum Gasteiger partial charge on any atom is -0.368 e. The highest BCUT2D eigenvalue weighted by atomic mass is 79.9. The number of anilines is 1. The zero-order valence-electron chi connectivity index (χ0n) is 16.1. The van der Waals surface area contributed by atoms with Crippen molar-refractivity contribution in [2.24, 2.45) is 0 Å². The van der Waals surface area contributed by atoms with Gasteiger partial charge in [-0.2, -0.15) is 5.10 Å². The lowest BCUT2D eigenvalue weighted by molar-refractivity contribution is 0.0747. The van der Waals surface area contributed by atoms with Gasteiger partial charge in [-0.05, 0) is 37.6 Å². The van der Waals surface area contributed by atoms with Crippen LogP contribution < -0.4 is 4.90 Å². The molecule has 6 heteroatoms. The molecule has 2 heterocycles. The third-order valence-electron chi connectivity index (χ3n) is 5.24.